The zero-order valence-corrected chi connectivity index (χ0v) is 8.17. The summed E-state index contributed by atoms with van der Waals surface area (Å²) in [5.74, 6) is -0.797. The van der Waals surface area contributed by atoms with Gasteiger partial charge in [-0.15, -0.1) is 0 Å². The van der Waals surface area contributed by atoms with Crippen molar-refractivity contribution >= 4 is 21.6 Å². The Labute approximate surface area is 81.6 Å². The van der Waals surface area contributed by atoms with Gasteiger partial charge in [0.05, 0.1) is 22.6 Å². The van der Waals surface area contributed by atoms with Gasteiger partial charge in [-0.25, -0.2) is 4.39 Å². The largest absolute Gasteiger partial charge is 0.492 e. The Morgan fingerprint density at radius 3 is 2.62 bits per heavy atom. The fourth-order valence-corrected chi connectivity index (χ4v) is 1.43. The maximum atomic E-state index is 13.0. The number of ether oxygens (including phenoxy) is 1. The van der Waals surface area contributed by atoms with E-state index in [1.807, 2.05) is 0 Å². The lowest BCUT2D eigenvalue weighted by Gasteiger charge is -2.03. The molecule has 0 fully saturated rings. The first-order valence-corrected chi connectivity index (χ1v) is 4.03. The second kappa shape index (κ2) is 3.69. The smallest absolute Gasteiger partial charge is 0.273 e. The zero-order chi connectivity index (χ0) is 10.0. The lowest BCUT2D eigenvalue weighted by molar-refractivity contribution is -0.385. The van der Waals surface area contributed by atoms with Crippen LogP contribution in [-0.2, 0) is 0 Å². The third kappa shape index (κ3) is 1.95. The van der Waals surface area contributed by atoms with Crippen LogP contribution in [0.15, 0.2) is 16.6 Å². The third-order valence-electron chi connectivity index (χ3n) is 1.40. The molecular formula is C7H5BrFNO3. The van der Waals surface area contributed by atoms with Crippen molar-refractivity contribution in [2.75, 3.05) is 7.11 Å². The molecule has 70 valence electrons. The average Bonchev–Trinajstić information content (AvgIpc) is 2.03. The van der Waals surface area contributed by atoms with E-state index in [1.165, 1.54) is 13.2 Å². The number of hydrogen-bond donors (Lipinski definition) is 0. The van der Waals surface area contributed by atoms with Crippen molar-refractivity contribution in [3.8, 4) is 5.75 Å². The number of hydrogen-bond acceptors (Lipinski definition) is 3. The molecule has 0 saturated heterocycles. The van der Waals surface area contributed by atoms with Crippen LogP contribution in [0.1, 0.15) is 0 Å². The van der Waals surface area contributed by atoms with E-state index in [0.29, 0.717) is 0 Å². The number of nitro benzene ring substituents is 1. The Balaban J connectivity index is 3.28. The molecule has 1 aromatic rings. The molecule has 6 heteroatoms. The van der Waals surface area contributed by atoms with Crippen LogP contribution in [-0.4, -0.2) is 12.0 Å². The highest BCUT2D eigenvalue weighted by atomic mass is 79.9. The van der Waals surface area contributed by atoms with Crippen LogP contribution in [0.4, 0.5) is 10.1 Å². The molecule has 0 bridgehead atoms. The number of methoxy groups -OCH3 is 1. The first-order chi connectivity index (χ1) is 6.06. The quantitative estimate of drug-likeness (QED) is 0.598. The maximum absolute atomic E-state index is 13.0. The van der Waals surface area contributed by atoms with Gasteiger partial charge in [0, 0.05) is 6.07 Å². The molecule has 0 heterocycles. The molecule has 0 saturated carbocycles. The SMILES string of the molecule is COc1c(F)cc([N+](=O)[O-])cc1Br. The monoisotopic (exact) mass is 249 g/mol. The van der Waals surface area contributed by atoms with Gasteiger partial charge in [-0.1, -0.05) is 0 Å². The summed E-state index contributed by atoms with van der Waals surface area (Å²) in [4.78, 5) is 9.61. The predicted molar refractivity (Wildman–Crippen MR) is 47.3 cm³/mol. The summed E-state index contributed by atoms with van der Waals surface area (Å²) in [7, 11) is 1.29. The zero-order valence-electron chi connectivity index (χ0n) is 6.58. The number of benzene rings is 1. The molecule has 0 atom stereocenters. The van der Waals surface area contributed by atoms with Crippen LogP contribution in [0.3, 0.4) is 0 Å². The highest BCUT2D eigenvalue weighted by Gasteiger charge is 2.15. The molecule has 0 aromatic heterocycles. The van der Waals surface area contributed by atoms with E-state index in [-0.39, 0.29) is 15.9 Å². The summed E-state index contributed by atoms with van der Waals surface area (Å²) in [6, 6.07) is 1.99. The summed E-state index contributed by atoms with van der Waals surface area (Å²) >= 11 is 2.96. The lowest BCUT2D eigenvalue weighted by atomic mass is 10.3. The van der Waals surface area contributed by atoms with Gasteiger partial charge in [-0.2, -0.15) is 0 Å². The van der Waals surface area contributed by atoms with Crippen molar-refractivity contribution in [3.05, 3.63) is 32.5 Å². The van der Waals surface area contributed by atoms with E-state index in [4.69, 9.17) is 0 Å². The van der Waals surface area contributed by atoms with Gasteiger partial charge >= 0.3 is 0 Å². The second-order valence-electron chi connectivity index (χ2n) is 2.20. The van der Waals surface area contributed by atoms with Crippen LogP contribution in [0.2, 0.25) is 0 Å². The van der Waals surface area contributed by atoms with E-state index in [2.05, 4.69) is 20.7 Å². The first kappa shape index (κ1) is 9.91. The van der Waals surface area contributed by atoms with Crippen molar-refractivity contribution in [2.45, 2.75) is 0 Å². The van der Waals surface area contributed by atoms with Crippen LogP contribution < -0.4 is 4.74 Å². The van der Waals surface area contributed by atoms with Crippen molar-refractivity contribution in [3.63, 3.8) is 0 Å². The number of halogens is 2. The van der Waals surface area contributed by atoms with Crippen molar-refractivity contribution in [1.29, 1.82) is 0 Å². The predicted octanol–water partition coefficient (Wildman–Crippen LogP) is 2.51. The fourth-order valence-electron chi connectivity index (χ4n) is 0.847. The van der Waals surface area contributed by atoms with Gasteiger partial charge in [0.2, 0.25) is 0 Å². The maximum Gasteiger partial charge on any atom is 0.273 e. The Hall–Kier alpha value is -1.17. The van der Waals surface area contributed by atoms with Gasteiger partial charge in [-0.05, 0) is 15.9 Å². The third-order valence-corrected chi connectivity index (χ3v) is 1.99. The minimum absolute atomic E-state index is 0.0365. The number of non-ortho nitro benzene ring substituents is 1. The molecule has 0 radical (unpaired) electrons. The molecule has 1 rings (SSSR count). The van der Waals surface area contributed by atoms with Gasteiger partial charge in [0.25, 0.3) is 5.69 Å². The molecule has 0 N–H and O–H groups in total. The number of rotatable bonds is 2. The molecule has 4 nitrogen and oxygen atoms in total. The summed E-state index contributed by atoms with van der Waals surface area (Å²) in [5.41, 5.74) is -0.315. The Kier molecular flexibility index (Phi) is 2.82. The van der Waals surface area contributed by atoms with Gasteiger partial charge in [0.1, 0.15) is 0 Å². The molecule has 1 aromatic carbocycles. The Morgan fingerprint density at radius 1 is 1.62 bits per heavy atom. The number of nitrogens with zero attached hydrogens (tertiary/aromatic N) is 1. The van der Waals surface area contributed by atoms with E-state index in [9.17, 15) is 14.5 Å². The topological polar surface area (TPSA) is 52.4 Å². The van der Waals surface area contributed by atoms with Crippen LogP contribution in [0.25, 0.3) is 0 Å². The van der Waals surface area contributed by atoms with Crippen LogP contribution >= 0.6 is 15.9 Å². The number of nitro groups is 1. The van der Waals surface area contributed by atoms with Gasteiger partial charge < -0.3 is 4.74 Å². The van der Waals surface area contributed by atoms with Crippen molar-refractivity contribution < 1.29 is 14.1 Å². The summed E-state index contributed by atoms with van der Waals surface area (Å²) in [5, 5.41) is 10.3. The normalized spacial score (nSPS) is 9.77. The second-order valence-corrected chi connectivity index (χ2v) is 3.05. The molecule has 0 aliphatic rings. The molecule has 13 heavy (non-hydrogen) atoms. The highest BCUT2D eigenvalue weighted by Crippen LogP contribution is 2.31. The molecule has 0 spiro atoms. The minimum Gasteiger partial charge on any atom is -0.492 e. The van der Waals surface area contributed by atoms with E-state index in [1.54, 1.807) is 0 Å². The van der Waals surface area contributed by atoms with Gasteiger partial charge in [-0.3, -0.25) is 10.1 Å². The summed E-state index contributed by atoms with van der Waals surface area (Å²) in [6.45, 7) is 0. The highest BCUT2D eigenvalue weighted by molar-refractivity contribution is 9.10. The molecule has 0 unspecified atom stereocenters. The minimum atomic E-state index is -0.761. The fraction of sp³-hybridized carbons (Fsp3) is 0.143. The molecule has 0 amide bonds. The molecular weight excluding hydrogens is 245 g/mol. The molecule has 0 aliphatic heterocycles. The van der Waals surface area contributed by atoms with E-state index >= 15 is 0 Å². The van der Waals surface area contributed by atoms with E-state index in [0.717, 1.165) is 6.07 Å². The summed E-state index contributed by atoms with van der Waals surface area (Å²) in [6.07, 6.45) is 0. The Morgan fingerprint density at radius 2 is 2.23 bits per heavy atom. The van der Waals surface area contributed by atoms with E-state index < -0.39 is 10.7 Å². The molecule has 0 aliphatic carbocycles. The summed E-state index contributed by atoms with van der Waals surface area (Å²) < 4.78 is 17.9. The van der Waals surface area contributed by atoms with Crippen molar-refractivity contribution in [1.82, 2.24) is 0 Å². The standard InChI is InChI=1S/C7H5BrFNO3/c1-13-7-5(8)2-4(10(11)12)3-6(7)9/h2-3H,1H3. The average molecular weight is 250 g/mol. The van der Waals surface area contributed by atoms with Crippen LogP contribution in [0, 0.1) is 15.9 Å². The van der Waals surface area contributed by atoms with Crippen molar-refractivity contribution in [2.24, 2.45) is 0 Å². The van der Waals surface area contributed by atoms with Gasteiger partial charge in [0.15, 0.2) is 11.6 Å². The lowest BCUT2D eigenvalue weighted by Crippen LogP contribution is -1.93. The Bertz CT molecular complexity index is 333. The van der Waals surface area contributed by atoms with Crippen LogP contribution in [0.5, 0.6) is 5.75 Å². The first-order valence-electron chi connectivity index (χ1n) is 3.23.